The first-order valence-corrected chi connectivity index (χ1v) is 12.3. The normalized spacial score (nSPS) is 17.9. The van der Waals surface area contributed by atoms with Crippen molar-refractivity contribution in [2.24, 2.45) is 0 Å². The van der Waals surface area contributed by atoms with E-state index < -0.39 is 23.2 Å². The van der Waals surface area contributed by atoms with E-state index in [1.54, 1.807) is 22.8 Å². The second-order valence-electron chi connectivity index (χ2n) is 3.92. The Hall–Kier alpha value is 0.428. The average molecular weight is 232 g/mol. The molecule has 0 aromatic heterocycles. The van der Waals surface area contributed by atoms with Gasteiger partial charge in [0.2, 0.25) is 0 Å². The van der Waals surface area contributed by atoms with Crippen LogP contribution in [0.1, 0.15) is 0 Å². The third-order valence-corrected chi connectivity index (χ3v) is 6.12. The van der Waals surface area contributed by atoms with Crippen molar-refractivity contribution in [3.63, 3.8) is 0 Å². The minimum absolute atomic E-state index is 1.73. The van der Waals surface area contributed by atoms with E-state index in [0.717, 1.165) is 0 Å². The van der Waals surface area contributed by atoms with Crippen molar-refractivity contribution >= 4 is 23.2 Å². The van der Waals surface area contributed by atoms with Gasteiger partial charge in [-0.05, 0) is 0 Å². The van der Waals surface area contributed by atoms with E-state index in [4.69, 9.17) is 4.55 Å². The Morgan fingerprint density at radius 1 is 1.20 bits per heavy atom. The molecule has 0 saturated heterocycles. The molecule has 0 aliphatic rings. The van der Waals surface area contributed by atoms with Gasteiger partial charge in [0.05, 0.1) is 0 Å². The van der Waals surface area contributed by atoms with Crippen LogP contribution in [-0.4, -0.2) is 25.8 Å². The third kappa shape index (κ3) is 8.43. The van der Waals surface area contributed by atoms with E-state index >= 15 is 0 Å². The van der Waals surface area contributed by atoms with Crippen molar-refractivity contribution in [3.8, 4) is 0 Å². The van der Waals surface area contributed by atoms with E-state index in [1.807, 2.05) is 0 Å². The fraction of sp³-hybridized carbons (Fsp3) is 1.00. The molecule has 0 aliphatic heterocycles. The number of rotatable bonds is 2. The molecule has 0 aromatic carbocycles. The van der Waals surface area contributed by atoms with Gasteiger partial charge in [-0.2, -0.15) is 0 Å². The first-order chi connectivity index (χ1) is 3.96. The van der Waals surface area contributed by atoms with Crippen LogP contribution >= 0.6 is 0 Å². The Kier molecular flexibility index (Phi) is 2.30. The van der Waals surface area contributed by atoms with Crippen LogP contribution in [-0.2, 0) is 13.6 Å². The summed E-state index contributed by atoms with van der Waals surface area (Å²) in [5, 5.41) is 0. The van der Waals surface area contributed by atoms with Crippen molar-refractivity contribution in [2.75, 3.05) is 0 Å². The Bertz CT molecular complexity index is 212. The molecule has 0 fully saturated rings. The average Bonchev–Trinajstić information content (AvgIpc) is 1.09. The fourth-order valence-corrected chi connectivity index (χ4v) is 5.87. The summed E-state index contributed by atoms with van der Waals surface area (Å²) >= 11 is -3.08. The van der Waals surface area contributed by atoms with Gasteiger partial charge in [-0.15, -0.1) is 0 Å². The van der Waals surface area contributed by atoms with Gasteiger partial charge in [0.25, 0.3) is 0 Å². The van der Waals surface area contributed by atoms with Crippen molar-refractivity contribution in [3.05, 3.63) is 0 Å². The molecule has 6 heteroatoms. The Labute approximate surface area is 62.5 Å². The molecule has 0 radical (unpaired) electrons. The summed E-state index contributed by atoms with van der Waals surface area (Å²) in [4.78, 5) is 0. The zero-order valence-electron chi connectivity index (χ0n) is 6.53. The number of hydrogen-bond acceptors (Lipinski definition) is 3. The van der Waals surface area contributed by atoms with Gasteiger partial charge in [-0.3, -0.25) is 0 Å². The minimum atomic E-state index is -4.26. The summed E-state index contributed by atoms with van der Waals surface area (Å²) in [5.41, 5.74) is 6.91. The van der Waals surface area contributed by atoms with Gasteiger partial charge in [0.1, 0.15) is 0 Å². The molecule has 0 heterocycles. The summed E-state index contributed by atoms with van der Waals surface area (Å²) in [7, 11) is -4.26. The van der Waals surface area contributed by atoms with Gasteiger partial charge in [0.15, 0.2) is 0 Å². The van der Waals surface area contributed by atoms with Crippen LogP contribution in [0, 0.1) is 0 Å². The van der Waals surface area contributed by atoms with Crippen molar-refractivity contribution in [2.45, 2.75) is 22.8 Å². The Morgan fingerprint density at radius 2 is 1.50 bits per heavy atom. The summed E-state index contributed by atoms with van der Waals surface area (Å²) < 4.78 is 33.3. The molecular formula is C4H13AsO4S. The second-order valence-corrected chi connectivity index (χ2v) is 20.2. The van der Waals surface area contributed by atoms with Crippen LogP contribution < -0.4 is 0 Å². The quantitative estimate of drug-likeness (QED) is 0.574. The molecule has 0 aliphatic carbocycles. The summed E-state index contributed by atoms with van der Waals surface area (Å²) in [6, 6.07) is 0. The van der Waals surface area contributed by atoms with Crippen molar-refractivity contribution in [1.29, 1.82) is 0 Å². The molecule has 0 unspecified atom stereocenters. The van der Waals surface area contributed by atoms with Gasteiger partial charge < -0.3 is 0 Å². The predicted octanol–water partition coefficient (Wildman–Crippen LogP) is 1.22. The van der Waals surface area contributed by atoms with Crippen LogP contribution in [0.4, 0.5) is 0 Å². The maximum absolute atomic E-state index is 10.2. The standard InChI is InChI=1S/C4H13AsO4S/c1-5(2,3,4)9-10(6,7)8/h1-4H3,(H,6,7,8). The molecule has 0 amide bonds. The zero-order chi connectivity index (χ0) is 8.65. The van der Waals surface area contributed by atoms with Crippen LogP contribution in [0.5, 0.6) is 0 Å². The van der Waals surface area contributed by atoms with Crippen LogP contribution in [0.15, 0.2) is 0 Å². The fourth-order valence-electron chi connectivity index (χ4n) is 0.377. The molecule has 10 heavy (non-hydrogen) atoms. The Balaban J connectivity index is 4.49. The molecule has 0 atom stereocenters. The van der Waals surface area contributed by atoms with Crippen LogP contribution in [0.3, 0.4) is 0 Å². The van der Waals surface area contributed by atoms with Gasteiger partial charge in [-0.1, -0.05) is 0 Å². The summed E-state index contributed by atoms with van der Waals surface area (Å²) in [6.07, 6.45) is 0. The first-order valence-electron chi connectivity index (χ1n) is 2.65. The van der Waals surface area contributed by atoms with Gasteiger partial charge >= 0.3 is 62.2 Å². The van der Waals surface area contributed by atoms with E-state index in [-0.39, 0.29) is 0 Å². The molecule has 0 saturated carbocycles. The monoisotopic (exact) mass is 232 g/mol. The van der Waals surface area contributed by atoms with Crippen LogP contribution in [0.2, 0.25) is 22.8 Å². The maximum atomic E-state index is 10.2. The zero-order valence-corrected chi connectivity index (χ0v) is 9.22. The predicted molar refractivity (Wildman–Crippen MR) is 41.8 cm³/mol. The van der Waals surface area contributed by atoms with Crippen molar-refractivity contribution in [1.82, 2.24) is 0 Å². The molecule has 1 N–H and O–H groups in total. The second kappa shape index (κ2) is 2.21. The SMILES string of the molecule is C[As](C)(C)(C)OS(=O)(=O)O. The third-order valence-electron chi connectivity index (χ3n) is 0.392. The van der Waals surface area contributed by atoms with Crippen molar-refractivity contribution < 1.29 is 16.1 Å². The topological polar surface area (TPSA) is 63.6 Å². The molecule has 0 bridgehead atoms. The molecule has 4 nitrogen and oxygen atoms in total. The molecule has 0 rings (SSSR count). The van der Waals surface area contributed by atoms with E-state index in [2.05, 4.69) is 3.17 Å². The molecule has 64 valence electrons. The van der Waals surface area contributed by atoms with E-state index in [0.29, 0.717) is 0 Å². The Morgan fingerprint density at radius 3 is 1.50 bits per heavy atom. The van der Waals surface area contributed by atoms with Crippen LogP contribution in [0.25, 0.3) is 0 Å². The molecule has 0 spiro atoms. The first kappa shape index (κ1) is 10.4. The molecular weight excluding hydrogens is 219 g/mol. The van der Waals surface area contributed by atoms with Gasteiger partial charge in [-0.25, -0.2) is 0 Å². The van der Waals surface area contributed by atoms with E-state index in [1.165, 1.54) is 0 Å². The van der Waals surface area contributed by atoms with Gasteiger partial charge in [0, 0.05) is 0 Å². The molecule has 0 aromatic rings. The van der Waals surface area contributed by atoms with E-state index in [9.17, 15) is 8.42 Å². The summed E-state index contributed by atoms with van der Waals surface area (Å²) in [5.74, 6) is 0. The number of hydrogen-bond donors (Lipinski definition) is 1. The summed E-state index contributed by atoms with van der Waals surface area (Å²) in [6.45, 7) is 0.